The molecule has 1 fully saturated rings. The molecule has 144 valence electrons. The summed E-state index contributed by atoms with van der Waals surface area (Å²) < 4.78 is 10.8. The highest BCUT2D eigenvalue weighted by molar-refractivity contribution is 5.88. The number of benzene rings is 1. The Morgan fingerprint density at radius 3 is 2.23 bits per heavy atom. The molecule has 1 amide bonds. The summed E-state index contributed by atoms with van der Waals surface area (Å²) in [5.74, 6) is 0.0739. The predicted octanol–water partition coefficient (Wildman–Crippen LogP) is 4.02. The minimum atomic E-state index is -0.826. The molecule has 0 heterocycles. The van der Waals surface area contributed by atoms with Gasteiger partial charge in [0.05, 0.1) is 13.7 Å². The molecule has 1 aliphatic carbocycles. The zero-order valence-corrected chi connectivity index (χ0v) is 16.6. The van der Waals surface area contributed by atoms with Gasteiger partial charge in [-0.15, -0.1) is 0 Å². The lowest BCUT2D eigenvalue weighted by Crippen LogP contribution is -2.40. The second-order valence-corrected chi connectivity index (χ2v) is 8.56. The standard InChI is InChI=1S/C21H31NO4/c1-20(2,3)19(24)22-17(18(23)25-5)15-8-10-16(11-9-15)26-14-21(4)12-6-7-13-21/h8-11,17H,6-7,12-14H2,1-5H3,(H,22,24)/t17-/m0/s1. The first-order valence-corrected chi connectivity index (χ1v) is 9.26. The van der Waals surface area contributed by atoms with Crippen molar-refractivity contribution < 1.29 is 19.1 Å². The van der Waals surface area contributed by atoms with Crippen molar-refractivity contribution in [3.05, 3.63) is 29.8 Å². The van der Waals surface area contributed by atoms with E-state index in [0.29, 0.717) is 12.2 Å². The number of amides is 1. The number of hydrogen-bond donors (Lipinski definition) is 1. The molecule has 0 aliphatic heterocycles. The Kier molecular flexibility index (Phi) is 6.32. The maximum absolute atomic E-state index is 12.3. The minimum Gasteiger partial charge on any atom is -0.493 e. The lowest BCUT2D eigenvalue weighted by molar-refractivity contribution is -0.146. The summed E-state index contributed by atoms with van der Waals surface area (Å²) in [5, 5.41) is 2.77. The van der Waals surface area contributed by atoms with Gasteiger partial charge in [0.25, 0.3) is 0 Å². The average Bonchev–Trinajstić information content (AvgIpc) is 3.04. The molecule has 1 N–H and O–H groups in total. The zero-order valence-electron chi connectivity index (χ0n) is 16.6. The number of methoxy groups -OCH3 is 1. The number of hydrogen-bond acceptors (Lipinski definition) is 4. The smallest absolute Gasteiger partial charge is 0.333 e. The van der Waals surface area contributed by atoms with Crippen LogP contribution in [0.25, 0.3) is 0 Å². The van der Waals surface area contributed by atoms with Crippen LogP contribution in [0, 0.1) is 10.8 Å². The van der Waals surface area contributed by atoms with Crippen LogP contribution in [0.2, 0.25) is 0 Å². The van der Waals surface area contributed by atoms with Gasteiger partial charge in [0, 0.05) is 10.8 Å². The Labute approximate surface area is 156 Å². The maximum atomic E-state index is 12.3. The van der Waals surface area contributed by atoms with Crippen LogP contribution in [0.15, 0.2) is 24.3 Å². The molecule has 0 aromatic heterocycles. The van der Waals surface area contributed by atoms with E-state index in [9.17, 15) is 9.59 Å². The van der Waals surface area contributed by atoms with Crippen LogP contribution < -0.4 is 10.1 Å². The Hall–Kier alpha value is -2.04. The monoisotopic (exact) mass is 361 g/mol. The van der Waals surface area contributed by atoms with Crippen LogP contribution in [0.5, 0.6) is 5.75 Å². The van der Waals surface area contributed by atoms with Gasteiger partial charge in [-0.05, 0) is 30.5 Å². The van der Waals surface area contributed by atoms with E-state index in [1.54, 1.807) is 32.9 Å². The van der Waals surface area contributed by atoms with Crippen molar-refractivity contribution in [3.63, 3.8) is 0 Å². The average molecular weight is 361 g/mol. The first-order chi connectivity index (χ1) is 12.1. The van der Waals surface area contributed by atoms with E-state index in [4.69, 9.17) is 9.47 Å². The van der Waals surface area contributed by atoms with E-state index in [2.05, 4.69) is 12.2 Å². The lowest BCUT2D eigenvalue weighted by Gasteiger charge is -2.24. The van der Waals surface area contributed by atoms with Crippen LogP contribution in [0.1, 0.15) is 65.0 Å². The molecule has 0 bridgehead atoms. The summed E-state index contributed by atoms with van der Waals surface area (Å²) in [6.07, 6.45) is 4.95. The summed E-state index contributed by atoms with van der Waals surface area (Å²) in [5.41, 5.74) is 0.342. The van der Waals surface area contributed by atoms with Gasteiger partial charge >= 0.3 is 5.97 Å². The van der Waals surface area contributed by atoms with Gasteiger partial charge in [0.1, 0.15) is 5.75 Å². The Morgan fingerprint density at radius 1 is 1.15 bits per heavy atom. The third-order valence-corrected chi connectivity index (χ3v) is 5.00. The molecule has 1 aromatic carbocycles. The van der Waals surface area contributed by atoms with Crippen LogP contribution in [0.3, 0.4) is 0 Å². The number of esters is 1. The molecule has 0 saturated heterocycles. The minimum absolute atomic E-state index is 0.206. The molecule has 2 rings (SSSR count). The van der Waals surface area contributed by atoms with Crippen LogP contribution in [-0.2, 0) is 14.3 Å². The van der Waals surface area contributed by atoms with Gasteiger partial charge in [-0.25, -0.2) is 4.79 Å². The third-order valence-electron chi connectivity index (χ3n) is 5.00. The molecule has 5 heteroatoms. The van der Waals surface area contributed by atoms with Crippen molar-refractivity contribution in [2.75, 3.05) is 13.7 Å². The second kappa shape index (κ2) is 8.11. The molecule has 0 unspecified atom stereocenters. The number of nitrogens with one attached hydrogen (secondary N) is 1. The van der Waals surface area contributed by atoms with E-state index in [0.717, 1.165) is 5.75 Å². The summed E-state index contributed by atoms with van der Waals surface area (Å²) >= 11 is 0. The Balaban J connectivity index is 2.06. The highest BCUT2D eigenvalue weighted by atomic mass is 16.5. The van der Waals surface area contributed by atoms with Crippen molar-refractivity contribution in [2.45, 2.75) is 59.4 Å². The quantitative estimate of drug-likeness (QED) is 0.777. The fourth-order valence-electron chi connectivity index (χ4n) is 3.13. The highest BCUT2D eigenvalue weighted by Gasteiger charge is 2.30. The predicted molar refractivity (Wildman–Crippen MR) is 101 cm³/mol. The van der Waals surface area contributed by atoms with E-state index in [-0.39, 0.29) is 11.3 Å². The molecule has 0 spiro atoms. The van der Waals surface area contributed by atoms with E-state index in [1.165, 1.54) is 32.8 Å². The lowest BCUT2D eigenvalue weighted by atomic mass is 9.90. The highest BCUT2D eigenvalue weighted by Crippen LogP contribution is 2.37. The number of carbonyl (C=O) groups is 2. The van der Waals surface area contributed by atoms with Crippen molar-refractivity contribution in [2.24, 2.45) is 10.8 Å². The molecule has 1 aromatic rings. The molecule has 1 saturated carbocycles. The Bertz CT molecular complexity index is 624. The second-order valence-electron chi connectivity index (χ2n) is 8.56. The zero-order chi connectivity index (χ0) is 19.4. The van der Waals surface area contributed by atoms with E-state index >= 15 is 0 Å². The molecular formula is C21H31NO4. The van der Waals surface area contributed by atoms with Crippen LogP contribution >= 0.6 is 0 Å². The summed E-state index contributed by atoms with van der Waals surface area (Å²) in [4.78, 5) is 24.4. The van der Waals surface area contributed by atoms with E-state index < -0.39 is 17.4 Å². The van der Waals surface area contributed by atoms with Crippen LogP contribution in [0.4, 0.5) is 0 Å². The molecule has 1 atom stereocenters. The Morgan fingerprint density at radius 2 is 1.73 bits per heavy atom. The van der Waals surface area contributed by atoms with Gasteiger partial charge in [0.2, 0.25) is 5.91 Å². The van der Waals surface area contributed by atoms with Gasteiger partial charge in [-0.2, -0.15) is 0 Å². The molecule has 1 aliphatic rings. The molecule has 5 nitrogen and oxygen atoms in total. The molecule has 0 radical (unpaired) electrons. The van der Waals surface area contributed by atoms with E-state index in [1.807, 2.05) is 12.1 Å². The molecular weight excluding hydrogens is 330 g/mol. The van der Waals surface area contributed by atoms with Gasteiger partial charge in [-0.3, -0.25) is 4.79 Å². The summed E-state index contributed by atoms with van der Waals surface area (Å²) in [6, 6.07) is 6.46. The molecule has 26 heavy (non-hydrogen) atoms. The number of ether oxygens (including phenoxy) is 2. The number of rotatable bonds is 6. The SMILES string of the molecule is COC(=O)[C@@H](NC(=O)C(C)(C)C)c1ccc(OCC2(C)CCCC2)cc1. The largest absolute Gasteiger partial charge is 0.493 e. The van der Waals surface area contributed by atoms with Crippen LogP contribution in [-0.4, -0.2) is 25.6 Å². The fraction of sp³-hybridized carbons (Fsp3) is 0.619. The fourth-order valence-corrected chi connectivity index (χ4v) is 3.13. The normalized spacial score (nSPS) is 17.4. The number of carbonyl (C=O) groups excluding carboxylic acids is 2. The van der Waals surface area contributed by atoms with Crippen molar-refractivity contribution in [1.29, 1.82) is 0 Å². The summed E-state index contributed by atoms with van der Waals surface area (Å²) in [6.45, 7) is 8.38. The maximum Gasteiger partial charge on any atom is 0.333 e. The van der Waals surface area contributed by atoms with Gasteiger partial charge in [0.15, 0.2) is 6.04 Å². The van der Waals surface area contributed by atoms with Gasteiger partial charge < -0.3 is 14.8 Å². The van der Waals surface area contributed by atoms with Crippen molar-refractivity contribution >= 4 is 11.9 Å². The topological polar surface area (TPSA) is 64.6 Å². The van der Waals surface area contributed by atoms with Crippen molar-refractivity contribution in [1.82, 2.24) is 5.32 Å². The first kappa shape index (κ1) is 20.3. The van der Waals surface area contributed by atoms with Gasteiger partial charge in [-0.1, -0.05) is 52.7 Å². The third kappa shape index (κ3) is 5.23. The first-order valence-electron chi connectivity index (χ1n) is 9.26. The summed E-state index contributed by atoms with van der Waals surface area (Å²) in [7, 11) is 1.32. The van der Waals surface area contributed by atoms with Crippen molar-refractivity contribution in [3.8, 4) is 5.75 Å².